The first-order chi connectivity index (χ1) is 13.3. The van der Waals surface area contributed by atoms with Crippen molar-refractivity contribution < 1.29 is 22.0 Å². The molecule has 2 aromatic rings. The number of carbonyl (C=O) groups excluding carboxylic acids is 1. The molecule has 0 radical (unpaired) electrons. The van der Waals surface area contributed by atoms with Crippen molar-refractivity contribution in [3.63, 3.8) is 0 Å². The fourth-order valence-corrected chi connectivity index (χ4v) is 4.78. The second-order valence-corrected chi connectivity index (χ2v) is 8.78. The Bertz CT molecular complexity index is 965. The number of benzene rings is 2. The summed E-state index contributed by atoms with van der Waals surface area (Å²) in [5.74, 6) is -2.58. The maximum Gasteiger partial charge on any atom is 0.256 e. The van der Waals surface area contributed by atoms with E-state index in [1.54, 1.807) is 6.92 Å². The minimum atomic E-state index is -3.74. The third-order valence-electron chi connectivity index (χ3n) is 4.86. The van der Waals surface area contributed by atoms with Crippen molar-refractivity contribution in [1.29, 1.82) is 0 Å². The summed E-state index contributed by atoms with van der Waals surface area (Å²) in [6, 6.07) is 7.51. The van der Waals surface area contributed by atoms with Crippen LogP contribution in [0.5, 0.6) is 0 Å². The molecule has 28 heavy (non-hydrogen) atoms. The van der Waals surface area contributed by atoms with Crippen LogP contribution < -0.4 is 5.32 Å². The first-order valence-corrected chi connectivity index (χ1v) is 10.6. The predicted molar refractivity (Wildman–Crippen MR) is 103 cm³/mol. The van der Waals surface area contributed by atoms with Crippen LogP contribution in [0.1, 0.15) is 41.6 Å². The minimum absolute atomic E-state index is 0.000782. The first-order valence-electron chi connectivity index (χ1n) is 9.17. The summed E-state index contributed by atoms with van der Waals surface area (Å²) < 4.78 is 55.0. The van der Waals surface area contributed by atoms with E-state index in [1.807, 2.05) is 0 Å². The third kappa shape index (κ3) is 4.23. The van der Waals surface area contributed by atoms with E-state index >= 15 is 0 Å². The van der Waals surface area contributed by atoms with E-state index < -0.39 is 33.3 Å². The normalized spacial score (nSPS) is 15.8. The van der Waals surface area contributed by atoms with Crippen LogP contribution in [0, 0.1) is 18.6 Å². The van der Waals surface area contributed by atoms with Gasteiger partial charge in [0.05, 0.1) is 4.90 Å². The summed E-state index contributed by atoms with van der Waals surface area (Å²) in [6.45, 7) is 2.52. The lowest BCUT2D eigenvalue weighted by atomic mass is 10.1. The number of anilines is 1. The van der Waals surface area contributed by atoms with Crippen LogP contribution in [0.15, 0.2) is 41.3 Å². The van der Waals surface area contributed by atoms with Crippen LogP contribution in [-0.4, -0.2) is 31.7 Å². The molecule has 0 spiro atoms. The lowest BCUT2D eigenvalue weighted by Gasteiger charge is -2.20. The molecule has 0 bridgehead atoms. The Hall–Kier alpha value is -2.32. The van der Waals surface area contributed by atoms with Gasteiger partial charge in [0.15, 0.2) is 0 Å². The summed E-state index contributed by atoms with van der Waals surface area (Å²) in [5, 5.41) is 2.21. The number of aryl methyl sites for hydroxylation is 1. The maximum atomic E-state index is 13.8. The van der Waals surface area contributed by atoms with Gasteiger partial charge in [0.1, 0.15) is 17.3 Å². The topological polar surface area (TPSA) is 66.5 Å². The number of carbonyl (C=O) groups is 1. The van der Waals surface area contributed by atoms with Gasteiger partial charge in [-0.25, -0.2) is 17.2 Å². The number of halogens is 2. The number of para-hydroxylation sites is 1. The zero-order valence-electron chi connectivity index (χ0n) is 15.5. The molecule has 0 aliphatic carbocycles. The first kappa shape index (κ1) is 20.4. The Morgan fingerprint density at radius 1 is 1.00 bits per heavy atom. The van der Waals surface area contributed by atoms with Gasteiger partial charge in [0.2, 0.25) is 10.0 Å². The summed E-state index contributed by atoms with van der Waals surface area (Å²) >= 11 is 0. The van der Waals surface area contributed by atoms with Crippen molar-refractivity contribution >= 4 is 21.6 Å². The summed E-state index contributed by atoms with van der Waals surface area (Å²) in [5.41, 5.74) is -0.00436. The molecule has 0 aromatic heterocycles. The minimum Gasteiger partial charge on any atom is -0.317 e. The highest BCUT2D eigenvalue weighted by molar-refractivity contribution is 7.89. The standard InChI is InChI=1S/C20H22F2N2O3S/c1-14-9-10-15(28(26,27)24-11-4-2-3-5-12-24)13-16(14)20(25)23-19-17(21)7-6-8-18(19)22/h6-10,13H,2-5,11-12H2,1H3,(H,23,25). The molecule has 1 heterocycles. The van der Waals surface area contributed by atoms with Crippen LogP contribution in [0.3, 0.4) is 0 Å². The zero-order chi connectivity index (χ0) is 20.3. The molecular formula is C20H22F2N2O3S. The number of hydrogen-bond donors (Lipinski definition) is 1. The second kappa shape index (κ2) is 8.36. The van der Waals surface area contributed by atoms with Gasteiger partial charge in [-0.3, -0.25) is 4.79 Å². The number of nitrogens with zero attached hydrogens (tertiary/aromatic N) is 1. The smallest absolute Gasteiger partial charge is 0.256 e. The average Bonchev–Trinajstić information content (AvgIpc) is 2.95. The Labute approximate surface area is 163 Å². The molecule has 3 rings (SSSR count). The molecule has 1 aliphatic heterocycles. The summed E-state index contributed by atoms with van der Waals surface area (Å²) in [6.07, 6.45) is 3.57. The van der Waals surface area contributed by atoms with Gasteiger partial charge in [-0.2, -0.15) is 4.31 Å². The van der Waals surface area contributed by atoms with Crippen molar-refractivity contribution in [3.05, 3.63) is 59.2 Å². The van der Waals surface area contributed by atoms with Crippen molar-refractivity contribution in [3.8, 4) is 0 Å². The van der Waals surface area contributed by atoms with Crippen molar-refractivity contribution in [2.45, 2.75) is 37.5 Å². The predicted octanol–water partition coefficient (Wildman–Crippen LogP) is 4.09. The molecule has 2 aromatic carbocycles. The fraction of sp³-hybridized carbons (Fsp3) is 0.350. The fourth-order valence-electron chi connectivity index (χ4n) is 3.24. The molecule has 1 amide bonds. The molecule has 1 fully saturated rings. The number of sulfonamides is 1. The maximum absolute atomic E-state index is 13.8. The van der Waals surface area contributed by atoms with Crippen molar-refractivity contribution in [2.24, 2.45) is 0 Å². The lowest BCUT2D eigenvalue weighted by Crippen LogP contribution is -2.32. The van der Waals surface area contributed by atoms with E-state index in [9.17, 15) is 22.0 Å². The van der Waals surface area contributed by atoms with E-state index in [0.29, 0.717) is 18.7 Å². The molecule has 1 N–H and O–H groups in total. The Balaban J connectivity index is 1.92. The van der Waals surface area contributed by atoms with E-state index in [-0.39, 0.29) is 10.5 Å². The van der Waals surface area contributed by atoms with Crippen LogP contribution in [0.4, 0.5) is 14.5 Å². The monoisotopic (exact) mass is 408 g/mol. The highest BCUT2D eigenvalue weighted by Crippen LogP contribution is 2.24. The molecule has 0 unspecified atom stereocenters. The molecule has 8 heteroatoms. The number of nitrogens with one attached hydrogen (secondary N) is 1. The van der Waals surface area contributed by atoms with Crippen LogP contribution in [0.25, 0.3) is 0 Å². The van der Waals surface area contributed by atoms with Gasteiger partial charge in [-0.15, -0.1) is 0 Å². The molecule has 150 valence electrons. The number of hydrogen-bond acceptors (Lipinski definition) is 3. The van der Waals surface area contributed by atoms with Gasteiger partial charge in [-0.05, 0) is 49.6 Å². The lowest BCUT2D eigenvalue weighted by molar-refractivity contribution is 0.102. The molecule has 1 aliphatic rings. The molecule has 0 saturated carbocycles. The largest absolute Gasteiger partial charge is 0.317 e. The van der Waals surface area contributed by atoms with Gasteiger partial charge in [-0.1, -0.05) is 25.0 Å². The van der Waals surface area contributed by atoms with Gasteiger partial charge in [0, 0.05) is 18.7 Å². The molecule has 0 atom stereocenters. The quantitative estimate of drug-likeness (QED) is 0.829. The molecule has 5 nitrogen and oxygen atoms in total. The van der Waals surface area contributed by atoms with Gasteiger partial charge in [0.25, 0.3) is 5.91 Å². The van der Waals surface area contributed by atoms with Gasteiger partial charge < -0.3 is 5.32 Å². The number of rotatable bonds is 4. The van der Waals surface area contributed by atoms with Crippen molar-refractivity contribution in [2.75, 3.05) is 18.4 Å². The van der Waals surface area contributed by atoms with Crippen LogP contribution in [0.2, 0.25) is 0 Å². The highest BCUT2D eigenvalue weighted by atomic mass is 32.2. The van der Waals surface area contributed by atoms with Crippen LogP contribution >= 0.6 is 0 Å². The summed E-state index contributed by atoms with van der Waals surface area (Å²) in [7, 11) is -3.74. The summed E-state index contributed by atoms with van der Waals surface area (Å²) in [4.78, 5) is 12.6. The van der Waals surface area contributed by atoms with E-state index in [4.69, 9.17) is 0 Å². The average molecular weight is 408 g/mol. The third-order valence-corrected chi connectivity index (χ3v) is 6.75. The molecular weight excluding hydrogens is 386 g/mol. The van der Waals surface area contributed by atoms with E-state index in [2.05, 4.69) is 5.32 Å². The second-order valence-electron chi connectivity index (χ2n) is 6.85. The molecule has 1 saturated heterocycles. The van der Waals surface area contributed by atoms with Crippen molar-refractivity contribution in [1.82, 2.24) is 4.31 Å². The highest BCUT2D eigenvalue weighted by Gasteiger charge is 2.26. The SMILES string of the molecule is Cc1ccc(S(=O)(=O)N2CCCCCC2)cc1C(=O)Nc1c(F)cccc1F. The van der Waals surface area contributed by atoms with Crippen LogP contribution in [-0.2, 0) is 10.0 Å². The van der Waals surface area contributed by atoms with E-state index in [1.165, 1.54) is 28.6 Å². The van der Waals surface area contributed by atoms with Gasteiger partial charge >= 0.3 is 0 Å². The Kier molecular flexibility index (Phi) is 6.10. The number of amides is 1. The van der Waals surface area contributed by atoms with E-state index in [0.717, 1.165) is 37.8 Å². The Morgan fingerprint density at radius 2 is 1.61 bits per heavy atom. The Morgan fingerprint density at radius 3 is 2.21 bits per heavy atom. The zero-order valence-corrected chi connectivity index (χ0v) is 16.4.